The minimum atomic E-state index is -1.34. The molecule has 4 aromatic carbocycles. The minimum Gasteiger partial charge on any atom is -0.340 e. The van der Waals surface area contributed by atoms with Crippen LogP contribution in [-0.4, -0.2) is 59.8 Å². The summed E-state index contributed by atoms with van der Waals surface area (Å²) in [5, 5.41) is 5.01. The van der Waals surface area contributed by atoms with Crippen molar-refractivity contribution in [1.82, 2.24) is 20.6 Å². The molecule has 16 heteroatoms. The first-order valence-electron chi connectivity index (χ1n) is 16.2. The Hall–Kier alpha value is -6.00. The van der Waals surface area contributed by atoms with E-state index in [2.05, 4.69) is 20.6 Å². The maximum Gasteiger partial charge on any atom is 0.249 e. The molecule has 0 saturated carbocycles. The van der Waals surface area contributed by atoms with Gasteiger partial charge in [0.05, 0.1) is 31.5 Å². The zero-order valence-electron chi connectivity index (χ0n) is 28.6. The summed E-state index contributed by atoms with van der Waals surface area (Å²) in [6, 6.07) is 13.1. The van der Waals surface area contributed by atoms with Gasteiger partial charge in [0.15, 0.2) is 0 Å². The normalized spacial score (nSPS) is 12.5. The molecule has 6 rings (SSSR count). The van der Waals surface area contributed by atoms with Crippen LogP contribution < -0.4 is 20.4 Å². The van der Waals surface area contributed by atoms with Crippen LogP contribution in [0.4, 0.5) is 28.9 Å². The lowest BCUT2D eigenvalue weighted by Crippen LogP contribution is -2.49. The zero-order valence-corrected chi connectivity index (χ0v) is 30.2. The molecule has 0 radical (unpaired) electrons. The lowest BCUT2D eigenvalue weighted by molar-refractivity contribution is -0.125. The van der Waals surface area contributed by atoms with Gasteiger partial charge in [0.25, 0.3) is 0 Å². The van der Waals surface area contributed by atoms with E-state index in [0.717, 1.165) is 45.8 Å². The van der Waals surface area contributed by atoms with E-state index < -0.39 is 59.0 Å². The summed E-state index contributed by atoms with van der Waals surface area (Å²) in [6.45, 7) is 0. The van der Waals surface area contributed by atoms with E-state index in [9.17, 15) is 36.7 Å². The lowest BCUT2D eigenvalue weighted by Gasteiger charge is -2.25. The van der Waals surface area contributed by atoms with Gasteiger partial charge < -0.3 is 20.4 Å². The number of rotatable bonds is 12. The van der Waals surface area contributed by atoms with Crippen LogP contribution in [0.5, 0.6) is 0 Å². The van der Waals surface area contributed by atoms with E-state index in [0.29, 0.717) is 34.5 Å². The Morgan fingerprint density at radius 3 is 1.35 bits per heavy atom. The van der Waals surface area contributed by atoms with Gasteiger partial charge in [-0.25, -0.2) is 27.5 Å². The average Bonchev–Trinajstić information content (AvgIpc) is 3.80. The van der Waals surface area contributed by atoms with Gasteiger partial charge in [-0.15, -0.1) is 22.7 Å². The van der Waals surface area contributed by atoms with Crippen molar-refractivity contribution in [2.45, 2.75) is 24.9 Å². The fraction of sp³-hybridized carbons (Fsp3) is 0.158. The molecule has 0 fully saturated rings. The number of halogens is 4. The van der Waals surface area contributed by atoms with Crippen molar-refractivity contribution in [2.75, 3.05) is 23.9 Å². The summed E-state index contributed by atoms with van der Waals surface area (Å²) in [5.74, 6) is -6.58. The van der Waals surface area contributed by atoms with Crippen molar-refractivity contribution < 1.29 is 36.7 Å². The predicted octanol–water partition coefficient (Wildman–Crippen LogP) is 6.10. The molecule has 2 heterocycles. The molecule has 2 atom stereocenters. The molecule has 276 valence electrons. The Bertz CT molecular complexity index is 2210. The van der Waals surface area contributed by atoms with Crippen LogP contribution in [0.3, 0.4) is 0 Å². The molecular formula is C38H30F4N6O4S2. The highest BCUT2D eigenvalue weighted by Gasteiger charge is 2.28. The van der Waals surface area contributed by atoms with Gasteiger partial charge >= 0.3 is 0 Å². The van der Waals surface area contributed by atoms with Crippen LogP contribution in [0.2, 0.25) is 0 Å². The third-order valence-electron chi connectivity index (χ3n) is 8.40. The third kappa shape index (κ3) is 9.13. The Kier molecular flexibility index (Phi) is 11.4. The zero-order chi connectivity index (χ0) is 38.5. The number of anilines is 2. The lowest BCUT2D eigenvalue weighted by atomic mass is 10.0. The quantitative estimate of drug-likeness (QED) is 0.115. The Morgan fingerprint density at radius 2 is 0.981 bits per heavy atom. The summed E-state index contributed by atoms with van der Waals surface area (Å²) < 4.78 is 58.1. The van der Waals surface area contributed by atoms with Crippen LogP contribution in [0.1, 0.15) is 11.1 Å². The van der Waals surface area contributed by atoms with Crippen molar-refractivity contribution in [3.05, 3.63) is 130 Å². The first-order valence-corrected chi connectivity index (χ1v) is 18.0. The van der Waals surface area contributed by atoms with Crippen LogP contribution in [0.25, 0.3) is 20.4 Å². The molecule has 54 heavy (non-hydrogen) atoms. The second-order valence-electron chi connectivity index (χ2n) is 12.2. The number of nitrogens with one attached hydrogen (secondary N) is 2. The molecule has 0 aliphatic carbocycles. The number of benzene rings is 4. The van der Waals surface area contributed by atoms with Crippen molar-refractivity contribution in [2.24, 2.45) is 0 Å². The van der Waals surface area contributed by atoms with Crippen LogP contribution in [-0.2, 0) is 32.0 Å². The van der Waals surface area contributed by atoms with Gasteiger partial charge in [-0.2, -0.15) is 0 Å². The van der Waals surface area contributed by atoms with E-state index >= 15 is 0 Å². The van der Waals surface area contributed by atoms with Gasteiger partial charge in [0, 0.05) is 62.6 Å². The van der Waals surface area contributed by atoms with Crippen molar-refractivity contribution in [1.29, 1.82) is 0 Å². The Morgan fingerprint density at radius 1 is 0.611 bits per heavy atom. The summed E-state index contributed by atoms with van der Waals surface area (Å²) >= 11 is 2.83. The number of hydrogen-bond donors (Lipinski definition) is 2. The molecule has 0 aliphatic heterocycles. The summed E-state index contributed by atoms with van der Waals surface area (Å²) in [6.07, 6.45) is 1.05. The maximum absolute atomic E-state index is 14.1. The molecule has 0 saturated heterocycles. The fourth-order valence-electron chi connectivity index (χ4n) is 5.75. The minimum absolute atomic E-state index is 0.0874. The van der Waals surface area contributed by atoms with Gasteiger partial charge in [-0.05, 0) is 71.8 Å². The molecule has 0 spiro atoms. The van der Waals surface area contributed by atoms with E-state index in [1.165, 1.54) is 46.6 Å². The van der Waals surface area contributed by atoms with E-state index in [1.54, 1.807) is 47.4 Å². The Labute approximate surface area is 313 Å². The number of amides is 4. The second kappa shape index (κ2) is 16.3. The number of fused-ring (bicyclic) bond motifs is 2. The predicted molar refractivity (Wildman–Crippen MR) is 199 cm³/mol. The van der Waals surface area contributed by atoms with Gasteiger partial charge in [-0.3, -0.25) is 19.2 Å². The number of nitrogens with zero attached hydrogens (tertiary/aromatic N) is 4. The number of likely N-dealkylation sites (N-methyl/N-ethyl adjacent to an activating group) is 2. The monoisotopic (exact) mass is 774 g/mol. The topological polar surface area (TPSA) is 125 Å². The maximum atomic E-state index is 14.1. The van der Waals surface area contributed by atoms with Crippen LogP contribution in [0, 0.1) is 23.3 Å². The summed E-state index contributed by atoms with van der Waals surface area (Å²) in [5.41, 5.74) is 5.66. The summed E-state index contributed by atoms with van der Waals surface area (Å²) in [7, 11) is 2.94. The first-order chi connectivity index (χ1) is 25.8. The molecule has 0 bridgehead atoms. The molecule has 1 unspecified atom stereocenters. The van der Waals surface area contributed by atoms with Gasteiger partial charge in [-0.1, -0.05) is 0 Å². The van der Waals surface area contributed by atoms with Gasteiger partial charge in [0.1, 0.15) is 35.4 Å². The molecule has 2 N–H and O–H groups in total. The Balaban J connectivity index is 1.20. The van der Waals surface area contributed by atoms with Crippen molar-refractivity contribution in [3.8, 4) is 0 Å². The number of aromatic nitrogens is 2. The van der Waals surface area contributed by atoms with Crippen LogP contribution in [0.15, 0.2) is 96.0 Å². The molecule has 4 amide bonds. The average molecular weight is 775 g/mol. The highest BCUT2D eigenvalue weighted by molar-refractivity contribution is 7.17. The number of thiazole rings is 2. The molecule has 6 aromatic rings. The molecular weight excluding hydrogens is 745 g/mol. The SMILES string of the molecule is CN(C(=O)C(Cc1cc(F)cc(F)c1)NC(=O)/C=C\C(=O)N[C@@H](Cc1cc(F)cc(F)c1)C(=O)N(C)c1ccc2scnc2c1)c1ccc2scnc2c1. The number of carbonyl (C=O) groups is 4. The van der Waals surface area contributed by atoms with E-state index in [1.807, 2.05) is 0 Å². The smallest absolute Gasteiger partial charge is 0.249 e. The number of carbonyl (C=O) groups excluding carboxylic acids is 4. The standard InChI is InChI=1S/C38H30F4N6O4S2/c1-47(27-3-5-33-29(17-27)43-19-53-33)37(51)31(13-21-9-23(39)15-24(40)10-21)45-35(49)7-8-36(50)46-32(14-22-11-25(41)16-26(42)12-22)38(52)48(2)28-4-6-34-30(18-28)44-20-54-34/h3-12,15-20,31-32H,13-14H2,1-2H3,(H,45,49)(H,46,50)/b8-7-/t31-,32?/m0/s1. The highest BCUT2D eigenvalue weighted by Crippen LogP contribution is 2.26. The van der Waals surface area contributed by atoms with E-state index in [4.69, 9.17) is 0 Å². The van der Waals surface area contributed by atoms with E-state index in [-0.39, 0.29) is 24.0 Å². The highest BCUT2D eigenvalue weighted by atomic mass is 32.1. The molecule has 10 nitrogen and oxygen atoms in total. The van der Waals surface area contributed by atoms with Crippen molar-refractivity contribution >= 4 is 78.1 Å². The van der Waals surface area contributed by atoms with Crippen molar-refractivity contribution in [3.63, 3.8) is 0 Å². The first kappa shape index (κ1) is 37.7. The molecule has 2 aromatic heterocycles. The molecule has 0 aliphatic rings. The third-order valence-corrected chi connectivity index (χ3v) is 10.0. The second-order valence-corrected chi connectivity index (χ2v) is 14.0. The van der Waals surface area contributed by atoms with Gasteiger partial charge in [0.2, 0.25) is 23.6 Å². The largest absolute Gasteiger partial charge is 0.340 e. The fourth-order valence-corrected chi connectivity index (χ4v) is 7.07. The summed E-state index contributed by atoms with van der Waals surface area (Å²) in [4.78, 5) is 64.9. The van der Waals surface area contributed by atoms with Crippen LogP contribution >= 0.6 is 22.7 Å². The number of hydrogen-bond acceptors (Lipinski definition) is 8.